The van der Waals surface area contributed by atoms with Crippen LogP contribution < -0.4 is 4.74 Å². The van der Waals surface area contributed by atoms with Crippen molar-refractivity contribution in [3.63, 3.8) is 0 Å². The minimum absolute atomic E-state index is 0.289. The van der Waals surface area contributed by atoms with Crippen molar-refractivity contribution in [1.29, 1.82) is 0 Å². The Morgan fingerprint density at radius 3 is 2.62 bits per heavy atom. The van der Waals surface area contributed by atoms with Gasteiger partial charge in [0.15, 0.2) is 12.5 Å². The Bertz CT molecular complexity index is 361. The second kappa shape index (κ2) is 5.64. The molecule has 0 aliphatic heterocycles. The van der Waals surface area contributed by atoms with Gasteiger partial charge in [0.05, 0.1) is 7.11 Å². The van der Waals surface area contributed by atoms with E-state index in [1.54, 1.807) is 12.1 Å². The van der Waals surface area contributed by atoms with Crippen molar-refractivity contribution < 1.29 is 13.9 Å². The van der Waals surface area contributed by atoms with Crippen molar-refractivity contribution in [3.8, 4) is 5.75 Å². The number of carbonyl (C=O) groups excluding carboxylic acids is 1. The Balaban J connectivity index is 3.14. The number of aldehydes is 1. The first kappa shape index (κ1) is 12.7. The van der Waals surface area contributed by atoms with Gasteiger partial charge in [-0.25, -0.2) is 4.39 Å². The lowest BCUT2D eigenvalue weighted by Gasteiger charge is -2.15. The molecule has 0 aliphatic carbocycles. The van der Waals surface area contributed by atoms with E-state index in [-0.39, 0.29) is 6.29 Å². The number of halogens is 1. The number of ether oxygens (including phenoxy) is 1. The molecule has 1 aromatic rings. The molecule has 1 atom stereocenters. The van der Waals surface area contributed by atoms with Crippen molar-refractivity contribution in [2.24, 2.45) is 5.92 Å². The van der Waals surface area contributed by atoms with Crippen LogP contribution in [-0.2, 0) is 11.2 Å². The number of methoxy groups -OCH3 is 1. The van der Waals surface area contributed by atoms with E-state index in [1.165, 1.54) is 7.11 Å². The number of para-hydroxylation sites is 1. The first-order valence-electron chi connectivity index (χ1n) is 5.35. The van der Waals surface area contributed by atoms with E-state index < -0.39 is 6.17 Å². The number of alkyl halides is 1. The normalized spacial score (nSPS) is 12.6. The average Bonchev–Trinajstić information content (AvgIpc) is 2.27. The Morgan fingerprint density at radius 1 is 1.44 bits per heavy atom. The molecule has 0 N–H and O–H groups in total. The lowest BCUT2D eigenvalue weighted by molar-refractivity contribution is -0.112. The summed E-state index contributed by atoms with van der Waals surface area (Å²) >= 11 is 0. The number of carbonyl (C=O) groups is 1. The monoisotopic (exact) mass is 224 g/mol. The SMILES string of the molecule is COc1c(CC(C)C)cccc1C(F)C=O. The molecule has 0 saturated carbocycles. The highest BCUT2D eigenvalue weighted by Crippen LogP contribution is 2.31. The Hall–Kier alpha value is -1.38. The molecule has 1 aromatic carbocycles. The minimum Gasteiger partial charge on any atom is -0.496 e. The van der Waals surface area contributed by atoms with E-state index in [0.717, 1.165) is 12.0 Å². The molecule has 0 spiro atoms. The molecule has 0 radical (unpaired) electrons. The molecule has 2 nitrogen and oxygen atoms in total. The van der Waals surface area contributed by atoms with E-state index in [2.05, 4.69) is 13.8 Å². The van der Waals surface area contributed by atoms with E-state index in [4.69, 9.17) is 4.74 Å². The van der Waals surface area contributed by atoms with Gasteiger partial charge in [0.25, 0.3) is 0 Å². The van der Waals surface area contributed by atoms with Crippen molar-refractivity contribution in [2.75, 3.05) is 7.11 Å². The molecule has 0 aliphatic rings. The zero-order valence-corrected chi connectivity index (χ0v) is 9.87. The zero-order chi connectivity index (χ0) is 12.1. The van der Waals surface area contributed by atoms with E-state index >= 15 is 0 Å². The standard InChI is InChI=1S/C13H17FO2/c1-9(2)7-10-5-4-6-11(12(14)8-15)13(10)16-3/h4-6,8-9,12H,7H2,1-3H3. The second-order valence-corrected chi connectivity index (χ2v) is 4.18. The Kier molecular flexibility index (Phi) is 4.47. The highest BCUT2D eigenvalue weighted by atomic mass is 19.1. The molecule has 1 unspecified atom stereocenters. The van der Waals surface area contributed by atoms with Crippen LogP contribution in [0.3, 0.4) is 0 Å². The van der Waals surface area contributed by atoms with Gasteiger partial charge in [0.2, 0.25) is 0 Å². The maximum absolute atomic E-state index is 13.4. The van der Waals surface area contributed by atoms with Crippen LogP contribution in [0.15, 0.2) is 18.2 Å². The summed E-state index contributed by atoms with van der Waals surface area (Å²) in [5.74, 6) is 0.953. The molecule has 0 saturated heterocycles. The molecule has 0 amide bonds. The van der Waals surface area contributed by atoms with Gasteiger partial charge in [-0.1, -0.05) is 32.0 Å². The van der Waals surface area contributed by atoms with Crippen molar-refractivity contribution in [1.82, 2.24) is 0 Å². The van der Waals surface area contributed by atoms with Gasteiger partial charge in [-0.3, -0.25) is 4.79 Å². The predicted octanol–water partition coefficient (Wildman–Crippen LogP) is 3.10. The summed E-state index contributed by atoms with van der Waals surface area (Å²) in [5, 5.41) is 0. The van der Waals surface area contributed by atoms with Crippen LogP contribution >= 0.6 is 0 Å². The molecule has 0 heterocycles. The second-order valence-electron chi connectivity index (χ2n) is 4.18. The van der Waals surface area contributed by atoms with E-state index in [1.807, 2.05) is 6.07 Å². The third-order valence-electron chi connectivity index (χ3n) is 2.38. The van der Waals surface area contributed by atoms with Crippen LogP contribution in [0, 0.1) is 5.92 Å². The van der Waals surface area contributed by atoms with Crippen LogP contribution in [0.1, 0.15) is 31.1 Å². The fourth-order valence-corrected chi connectivity index (χ4v) is 1.74. The fraction of sp³-hybridized carbons (Fsp3) is 0.462. The van der Waals surface area contributed by atoms with E-state index in [9.17, 15) is 9.18 Å². The maximum Gasteiger partial charge on any atom is 0.184 e. The molecular formula is C13H17FO2. The molecule has 0 aromatic heterocycles. The van der Waals surface area contributed by atoms with Crippen LogP contribution in [-0.4, -0.2) is 13.4 Å². The minimum atomic E-state index is -1.61. The fourth-order valence-electron chi connectivity index (χ4n) is 1.74. The van der Waals surface area contributed by atoms with Crippen molar-refractivity contribution >= 4 is 6.29 Å². The molecule has 1 rings (SSSR count). The number of hydrogen-bond donors (Lipinski definition) is 0. The smallest absolute Gasteiger partial charge is 0.184 e. The summed E-state index contributed by atoms with van der Waals surface area (Å²) in [4.78, 5) is 10.5. The van der Waals surface area contributed by atoms with Gasteiger partial charge in [0.1, 0.15) is 5.75 Å². The molecule has 0 bridgehead atoms. The summed E-state index contributed by atoms with van der Waals surface area (Å²) in [6, 6.07) is 5.24. The summed E-state index contributed by atoms with van der Waals surface area (Å²) < 4.78 is 18.6. The number of benzene rings is 1. The highest BCUT2D eigenvalue weighted by molar-refractivity contribution is 5.63. The van der Waals surface area contributed by atoms with Gasteiger partial charge >= 0.3 is 0 Å². The number of rotatable bonds is 5. The molecular weight excluding hydrogens is 207 g/mol. The topological polar surface area (TPSA) is 26.3 Å². The van der Waals surface area contributed by atoms with Gasteiger partial charge < -0.3 is 4.74 Å². The van der Waals surface area contributed by atoms with Crippen LogP contribution in [0.5, 0.6) is 5.75 Å². The zero-order valence-electron chi connectivity index (χ0n) is 9.87. The van der Waals surface area contributed by atoms with Crippen LogP contribution in [0.25, 0.3) is 0 Å². The summed E-state index contributed by atoms with van der Waals surface area (Å²) in [5.41, 5.74) is 1.26. The Morgan fingerprint density at radius 2 is 2.12 bits per heavy atom. The van der Waals surface area contributed by atoms with Gasteiger partial charge in [0, 0.05) is 5.56 Å². The molecule has 16 heavy (non-hydrogen) atoms. The Labute approximate surface area is 95.4 Å². The van der Waals surface area contributed by atoms with E-state index in [0.29, 0.717) is 17.2 Å². The van der Waals surface area contributed by atoms with Gasteiger partial charge in [-0.15, -0.1) is 0 Å². The predicted molar refractivity (Wildman–Crippen MR) is 61.4 cm³/mol. The quantitative estimate of drug-likeness (QED) is 0.718. The van der Waals surface area contributed by atoms with Crippen molar-refractivity contribution in [3.05, 3.63) is 29.3 Å². The lowest BCUT2D eigenvalue weighted by atomic mass is 9.98. The highest BCUT2D eigenvalue weighted by Gasteiger charge is 2.17. The molecule has 3 heteroatoms. The molecule has 0 fully saturated rings. The summed E-state index contributed by atoms with van der Waals surface area (Å²) in [7, 11) is 1.50. The molecule has 88 valence electrons. The summed E-state index contributed by atoms with van der Waals surface area (Å²) in [6.45, 7) is 4.16. The number of hydrogen-bond acceptors (Lipinski definition) is 2. The largest absolute Gasteiger partial charge is 0.496 e. The first-order chi connectivity index (χ1) is 7.60. The van der Waals surface area contributed by atoms with Crippen molar-refractivity contribution in [2.45, 2.75) is 26.4 Å². The lowest BCUT2D eigenvalue weighted by Crippen LogP contribution is -2.03. The van der Waals surface area contributed by atoms with Crippen LogP contribution in [0.4, 0.5) is 4.39 Å². The third-order valence-corrected chi connectivity index (χ3v) is 2.38. The average molecular weight is 224 g/mol. The maximum atomic E-state index is 13.4. The third kappa shape index (κ3) is 2.81. The van der Waals surface area contributed by atoms with Gasteiger partial charge in [-0.2, -0.15) is 0 Å². The summed E-state index contributed by atoms with van der Waals surface area (Å²) in [6.07, 6.45) is -0.512. The van der Waals surface area contributed by atoms with Crippen LogP contribution in [0.2, 0.25) is 0 Å². The van der Waals surface area contributed by atoms with Gasteiger partial charge in [-0.05, 0) is 17.9 Å². The first-order valence-corrected chi connectivity index (χ1v) is 5.35.